The Labute approximate surface area is 122 Å². The number of hydrogen-bond donors (Lipinski definition) is 1. The molecule has 110 valence electrons. The summed E-state index contributed by atoms with van der Waals surface area (Å²) in [5.74, 6) is 0. The van der Waals surface area contributed by atoms with E-state index in [4.69, 9.17) is 5.26 Å². The van der Waals surface area contributed by atoms with E-state index >= 15 is 0 Å². The van der Waals surface area contributed by atoms with E-state index in [-0.39, 0.29) is 5.54 Å². The Morgan fingerprint density at radius 2 is 2.15 bits per heavy atom. The molecule has 1 aromatic rings. The van der Waals surface area contributed by atoms with Crippen LogP contribution in [0.25, 0.3) is 0 Å². The average molecular weight is 274 g/mol. The van der Waals surface area contributed by atoms with Gasteiger partial charge in [0.2, 0.25) is 0 Å². The zero-order valence-electron chi connectivity index (χ0n) is 12.9. The Balaban J connectivity index is 2.38. The maximum Gasteiger partial charge on any atom is 0.0635 e. The van der Waals surface area contributed by atoms with Gasteiger partial charge in [-0.25, -0.2) is 0 Å². The van der Waals surface area contributed by atoms with Gasteiger partial charge in [-0.2, -0.15) is 5.26 Å². The van der Waals surface area contributed by atoms with E-state index in [1.807, 2.05) is 12.3 Å². The molecular weight excluding hydrogens is 248 g/mol. The molecule has 0 unspecified atom stereocenters. The van der Waals surface area contributed by atoms with Crippen molar-refractivity contribution in [2.24, 2.45) is 0 Å². The molecule has 0 aliphatic carbocycles. The van der Waals surface area contributed by atoms with E-state index in [0.29, 0.717) is 6.42 Å². The van der Waals surface area contributed by atoms with Crippen LogP contribution in [0.2, 0.25) is 0 Å². The summed E-state index contributed by atoms with van der Waals surface area (Å²) in [5, 5.41) is 12.3. The molecule has 20 heavy (non-hydrogen) atoms. The van der Waals surface area contributed by atoms with Crippen LogP contribution in [0.1, 0.15) is 39.2 Å². The molecule has 0 amide bonds. The summed E-state index contributed by atoms with van der Waals surface area (Å²) in [7, 11) is 0. The Morgan fingerprint density at radius 1 is 1.35 bits per heavy atom. The number of pyridine rings is 1. The summed E-state index contributed by atoms with van der Waals surface area (Å²) in [4.78, 5) is 6.47. The molecule has 0 aliphatic rings. The molecule has 0 fully saturated rings. The van der Waals surface area contributed by atoms with Crippen LogP contribution in [0.5, 0.6) is 0 Å². The SMILES string of the molecule is CC(C)(C)NCCCN(CCC#N)Cc1cccnc1. The smallest absolute Gasteiger partial charge is 0.0635 e. The van der Waals surface area contributed by atoms with Crippen molar-refractivity contribution in [1.82, 2.24) is 15.2 Å². The van der Waals surface area contributed by atoms with Gasteiger partial charge in [0.05, 0.1) is 6.07 Å². The lowest BCUT2D eigenvalue weighted by molar-refractivity contribution is 0.262. The maximum atomic E-state index is 8.76. The number of nitrogens with one attached hydrogen (secondary N) is 1. The van der Waals surface area contributed by atoms with E-state index in [1.165, 1.54) is 5.56 Å². The molecule has 4 heteroatoms. The molecule has 0 aromatic carbocycles. The topological polar surface area (TPSA) is 52.0 Å². The fourth-order valence-electron chi connectivity index (χ4n) is 1.99. The first kappa shape index (κ1) is 16.6. The van der Waals surface area contributed by atoms with Crippen LogP contribution in [0.3, 0.4) is 0 Å². The third kappa shape index (κ3) is 7.88. The number of nitrogens with zero attached hydrogens (tertiary/aromatic N) is 3. The van der Waals surface area contributed by atoms with Crippen molar-refractivity contribution in [2.75, 3.05) is 19.6 Å². The lowest BCUT2D eigenvalue weighted by Crippen LogP contribution is -2.38. The van der Waals surface area contributed by atoms with Crippen LogP contribution >= 0.6 is 0 Å². The number of aromatic nitrogens is 1. The van der Waals surface area contributed by atoms with Gasteiger partial charge in [0.15, 0.2) is 0 Å². The van der Waals surface area contributed by atoms with E-state index in [1.54, 1.807) is 6.20 Å². The van der Waals surface area contributed by atoms with Crippen LogP contribution in [-0.2, 0) is 6.54 Å². The number of rotatable bonds is 8. The van der Waals surface area contributed by atoms with Crippen LogP contribution < -0.4 is 5.32 Å². The second-order valence-corrected chi connectivity index (χ2v) is 6.08. The molecule has 0 saturated heterocycles. The van der Waals surface area contributed by atoms with Crippen LogP contribution in [0, 0.1) is 11.3 Å². The molecular formula is C16H26N4. The highest BCUT2D eigenvalue weighted by Crippen LogP contribution is 2.05. The first-order valence-corrected chi connectivity index (χ1v) is 7.24. The standard InChI is InChI=1S/C16H26N4/c1-16(2,3)19-10-6-12-20(11-5-8-17)14-15-7-4-9-18-13-15/h4,7,9,13,19H,5-6,10-12,14H2,1-3H3. The predicted molar refractivity (Wildman–Crippen MR) is 82.1 cm³/mol. The molecule has 4 nitrogen and oxygen atoms in total. The molecule has 1 heterocycles. The highest BCUT2D eigenvalue weighted by Gasteiger charge is 2.09. The normalized spacial score (nSPS) is 11.6. The molecule has 0 bridgehead atoms. The van der Waals surface area contributed by atoms with Gasteiger partial charge in [-0.1, -0.05) is 6.07 Å². The maximum absolute atomic E-state index is 8.76. The van der Waals surface area contributed by atoms with Crippen molar-refractivity contribution in [3.63, 3.8) is 0 Å². The molecule has 1 rings (SSSR count). The van der Waals surface area contributed by atoms with E-state index in [2.05, 4.69) is 48.1 Å². The van der Waals surface area contributed by atoms with Crippen molar-refractivity contribution in [2.45, 2.75) is 45.7 Å². The fourth-order valence-corrected chi connectivity index (χ4v) is 1.99. The van der Waals surface area contributed by atoms with Crippen LogP contribution in [0.15, 0.2) is 24.5 Å². The number of hydrogen-bond acceptors (Lipinski definition) is 4. The zero-order chi connectivity index (χ0) is 14.8. The molecule has 0 atom stereocenters. The van der Waals surface area contributed by atoms with Crippen LogP contribution in [-0.4, -0.2) is 35.1 Å². The monoisotopic (exact) mass is 274 g/mol. The van der Waals surface area contributed by atoms with Gasteiger partial charge in [-0.05, 0) is 51.9 Å². The molecule has 0 saturated carbocycles. The third-order valence-corrected chi connectivity index (χ3v) is 2.98. The highest BCUT2D eigenvalue weighted by atomic mass is 15.1. The fraction of sp³-hybridized carbons (Fsp3) is 0.625. The van der Waals surface area contributed by atoms with Gasteiger partial charge in [0, 0.05) is 37.4 Å². The minimum atomic E-state index is 0.167. The van der Waals surface area contributed by atoms with Crippen molar-refractivity contribution in [3.05, 3.63) is 30.1 Å². The van der Waals surface area contributed by atoms with Gasteiger partial charge in [0.25, 0.3) is 0 Å². The predicted octanol–water partition coefficient (Wildman–Crippen LogP) is 2.58. The highest BCUT2D eigenvalue weighted by molar-refractivity contribution is 5.08. The quantitative estimate of drug-likeness (QED) is 0.740. The second-order valence-electron chi connectivity index (χ2n) is 6.08. The second kappa shape index (κ2) is 8.68. The Bertz CT molecular complexity index is 403. The van der Waals surface area contributed by atoms with Crippen molar-refractivity contribution in [3.8, 4) is 6.07 Å². The van der Waals surface area contributed by atoms with Crippen molar-refractivity contribution < 1.29 is 0 Å². The molecule has 1 aromatic heterocycles. The summed E-state index contributed by atoms with van der Waals surface area (Å²) in [6, 6.07) is 6.27. The van der Waals surface area contributed by atoms with Gasteiger partial charge >= 0.3 is 0 Å². The lowest BCUT2D eigenvalue weighted by atomic mass is 10.1. The van der Waals surface area contributed by atoms with Crippen molar-refractivity contribution >= 4 is 0 Å². The van der Waals surface area contributed by atoms with Gasteiger partial charge in [-0.3, -0.25) is 9.88 Å². The summed E-state index contributed by atoms with van der Waals surface area (Å²) in [6.07, 6.45) is 5.35. The minimum Gasteiger partial charge on any atom is -0.312 e. The Morgan fingerprint density at radius 3 is 2.75 bits per heavy atom. The lowest BCUT2D eigenvalue weighted by Gasteiger charge is -2.24. The Hall–Kier alpha value is -1.44. The molecule has 0 spiro atoms. The molecule has 1 N–H and O–H groups in total. The van der Waals surface area contributed by atoms with E-state index in [0.717, 1.165) is 32.6 Å². The largest absolute Gasteiger partial charge is 0.312 e. The van der Waals surface area contributed by atoms with E-state index < -0.39 is 0 Å². The summed E-state index contributed by atoms with van der Waals surface area (Å²) < 4.78 is 0. The van der Waals surface area contributed by atoms with Crippen LogP contribution in [0.4, 0.5) is 0 Å². The molecule has 0 radical (unpaired) electrons. The molecule has 0 aliphatic heterocycles. The summed E-state index contributed by atoms with van der Waals surface area (Å²) in [6.45, 7) is 10.2. The van der Waals surface area contributed by atoms with Gasteiger partial charge in [-0.15, -0.1) is 0 Å². The van der Waals surface area contributed by atoms with Gasteiger partial charge < -0.3 is 5.32 Å². The zero-order valence-corrected chi connectivity index (χ0v) is 12.9. The average Bonchev–Trinajstić information content (AvgIpc) is 2.40. The van der Waals surface area contributed by atoms with Gasteiger partial charge in [0.1, 0.15) is 0 Å². The Kier molecular flexibility index (Phi) is 7.21. The summed E-state index contributed by atoms with van der Waals surface area (Å²) >= 11 is 0. The first-order valence-electron chi connectivity index (χ1n) is 7.24. The first-order chi connectivity index (χ1) is 9.51. The third-order valence-electron chi connectivity index (χ3n) is 2.98. The minimum absolute atomic E-state index is 0.167. The van der Waals surface area contributed by atoms with E-state index in [9.17, 15) is 0 Å². The van der Waals surface area contributed by atoms with Crippen molar-refractivity contribution in [1.29, 1.82) is 5.26 Å². The summed E-state index contributed by atoms with van der Waals surface area (Å²) in [5.41, 5.74) is 1.37. The number of nitriles is 1.